The number of carbonyl (C=O) groups excluding carboxylic acids is 1. The van der Waals surface area contributed by atoms with Crippen molar-refractivity contribution in [3.8, 4) is 0 Å². The van der Waals surface area contributed by atoms with E-state index in [1.807, 2.05) is 36.4 Å². The van der Waals surface area contributed by atoms with E-state index in [0.717, 1.165) is 36.6 Å². The number of hydrogen-bond donors (Lipinski definition) is 2. The molecule has 1 amide bonds. The Kier molecular flexibility index (Phi) is 4.75. The maximum absolute atomic E-state index is 11.9. The number of benzene rings is 1. The highest BCUT2D eigenvalue weighted by atomic mass is 16.5. The summed E-state index contributed by atoms with van der Waals surface area (Å²) in [5.41, 5.74) is 3.10. The van der Waals surface area contributed by atoms with Gasteiger partial charge in [0.2, 0.25) is 0 Å². The molecule has 6 heteroatoms. The number of carbonyl (C=O) groups is 1. The van der Waals surface area contributed by atoms with Gasteiger partial charge >= 0.3 is 6.09 Å². The average molecular weight is 352 g/mol. The van der Waals surface area contributed by atoms with Crippen molar-refractivity contribution < 1.29 is 9.53 Å². The van der Waals surface area contributed by atoms with Crippen LogP contribution in [0.1, 0.15) is 23.7 Å². The van der Waals surface area contributed by atoms with Crippen LogP contribution in [0.3, 0.4) is 0 Å². The zero-order chi connectivity index (χ0) is 17.9. The van der Waals surface area contributed by atoms with Gasteiger partial charge in [0, 0.05) is 31.7 Å². The third kappa shape index (κ3) is 3.51. The molecule has 2 N–H and O–H groups in total. The molecule has 0 saturated carbocycles. The normalized spacial score (nSPS) is 21.0. The molecule has 2 unspecified atom stereocenters. The summed E-state index contributed by atoms with van der Waals surface area (Å²) in [6.07, 6.45) is 0.600. The quantitative estimate of drug-likeness (QED) is 0.883. The first-order valence-corrected chi connectivity index (χ1v) is 9.13. The lowest BCUT2D eigenvalue weighted by molar-refractivity contribution is 0.137. The third-order valence-corrected chi connectivity index (χ3v) is 5.03. The van der Waals surface area contributed by atoms with Gasteiger partial charge in [0.15, 0.2) is 0 Å². The molecule has 0 bridgehead atoms. The number of aromatic nitrogens is 1. The monoisotopic (exact) mass is 352 g/mol. The van der Waals surface area contributed by atoms with E-state index in [2.05, 4.69) is 28.5 Å². The minimum atomic E-state index is -0.426. The van der Waals surface area contributed by atoms with E-state index in [-0.39, 0.29) is 6.61 Å². The van der Waals surface area contributed by atoms with Gasteiger partial charge in [-0.25, -0.2) is 9.78 Å². The molecule has 26 heavy (non-hydrogen) atoms. The Hall–Kier alpha value is -2.60. The largest absolute Gasteiger partial charge is 0.443 e. The molecule has 4 rings (SSSR count). The number of rotatable bonds is 4. The second kappa shape index (κ2) is 7.33. The van der Waals surface area contributed by atoms with Crippen molar-refractivity contribution in [2.45, 2.75) is 38.6 Å². The number of anilines is 1. The Morgan fingerprint density at radius 3 is 2.96 bits per heavy atom. The summed E-state index contributed by atoms with van der Waals surface area (Å²) in [6, 6.07) is 14.8. The molecular formula is C20H24N4O2. The van der Waals surface area contributed by atoms with Gasteiger partial charge in [0.1, 0.15) is 12.4 Å². The fourth-order valence-corrected chi connectivity index (χ4v) is 3.76. The second-order valence-corrected chi connectivity index (χ2v) is 6.97. The van der Waals surface area contributed by atoms with E-state index in [9.17, 15) is 4.79 Å². The Morgan fingerprint density at radius 1 is 1.27 bits per heavy atom. The van der Waals surface area contributed by atoms with Gasteiger partial charge in [-0.1, -0.05) is 36.4 Å². The minimum absolute atomic E-state index is 0.180. The van der Waals surface area contributed by atoms with Crippen LogP contribution in [-0.2, 0) is 24.3 Å². The summed E-state index contributed by atoms with van der Waals surface area (Å²) in [5, 5.41) is 6.24. The molecular weight excluding hydrogens is 328 g/mol. The molecule has 2 aliphatic rings. The van der Waals surface area contributed by atoms with Crippen molar-refractivity contribution in [1.82, 2.24) is 15.6 Å². The predicted molar refractivity (Wildman–Crippen MR) is 100 cm³/mol. The van der Waals surface area contributed by atoms with Crippen molar-refractivity contribution in [1.29, 1.82) is 0 Å². The van der Waals surface area contributed by atoms with E-state index >= 15 is 0 Å². The molecule has 0 spiro atoms. The van der Waals surface area contributed by atoms with Gasteiger partial charge < -0.3 is 20.3 Å². The van der Waals surface area contributed by atoms with E-state index in [1.165, 1.54) is 5.56 Å². The highest BCUT2D eigenvalue weighted by Crippen LogP contribution is 2.33. The second-order valence-electron chi connectivity index (χ2n) is 6.97. The van der Waals surface area contributed by atoms with Crippen LogP contribution in [0.2, 0.25) is 0 Å². The van der Waals surface area contributed by atoms with Crippen LogP contribution in [0.5, 0.6) is 0 Å². The lowest BCUT2D eigenvalue weighted by Gasteiger charge is -2.37. The zero-order valence-corrected chi connectivity index (χ0v) is 14.9. The molecule has 6 nitrogen and oxygen atoms in total. The van der Waals surface area contributed by atoms with E-state index in [4.69, 9.17) is 9.72 Å². The number of pyridine rings is 1. The number of nitrogens with zero attached hydrogens (tertiary/aromatic N) is 2. The summed E-state index contributed by atoms with van der Waals surface area (Å²) < 4.78 is 5.33. The first-order valence-electron chi connectivity index (χ1n) is 9.13. The Balaban J connectivity index is 1.35. The smallest absolute Gasteiger partial charge is 0.407 e. The van der Waals surface area contributed by atoms with Crippen LogP contribution in [0.25, 0.3) is 0 Å². The molecule has 2 aliphatic heterocycles. The standard InChI is InChI=1S/C20H24N4O2/c1-14-10-21-12-18-9-16-7-8-17(23-19(16)24(14)18)13-26-20(25)22-11-15-5-3-2-4-6-15/h2-8,14,18,21H,9-13H2,1H3,(H,22,25). The predicted octanol–water partition coefficient (Wildman–Crippen LogP) is 2.23. The van der Waals surface area contributed by atoms with Gasteiger partial charge in [-0.05, 0) is 30.5 Å². The fourth-order valence-electron chi connectivity index (χ4n) is 3.76. The number of piperazine rings is 1. The van der Waals surface area contributed by atoms with Crippen molar-refractivity contribution in [3.05, 3.63) is 59.3 Å². The molecule has 2 aromatic rings. The molecule has 0 radical (unpaired) electrons. The minimum Gasteiger partial charge on any atom is -0.443 e. The van der Waals surface area contributed by atoms with Crippen molar-refractivity contribution >= 4 is 11.9 Å². The van der Waals surface area contributed by atoms with Crippen LogP contribution in [0.4, 0.5) is 10.6 Å². The van der Waals surface area contributed by atoms with Crippen LogP contribution < -0.4 is 15.5 Å². The molecule has 1 saturated heterocycles. The average Bonchev–Trinajstić information content (AvgIpc) is 3.04. The zero-order valence-electron chi connectivity index (χ0n) is 14.9. The molecule has 0 aliphatic carbocycles. The number of nitrogens with one attached hydrogen (secondary N) is 2. The van der Waals surface area contributed by atoms with Gasteiger partial charge in [0.25, 0.3) is 0 Å². The van der Waals surface area contributed by atoms with Crippen molar-refractivity contribution in [2.75, 3.05) is 18.0 Å². The Bertz CT molecular complexity index is 781. The van der Waals surface area contributed by atoms with Crippen LogP contribution in [0.15, 0.2) is 42.5 Å². The number of ether oxygens (including phenoxy) is 1. The van der Waals surface area contributed by atoms with Gasteiger partial charge in [0.05, 0.1) is 5.69 Å². The molecule has 1 aromatic carbocycles. The number of amides is 1. The van der Waals surface area contributed by atoms with Gasteiger partial charge in [-0.3, -0.25) is 0 Å². The maximum Gasteiger partial charge on any atom is 0.407 e. The first kappa shape index (κ1) is 16.8. The summed E-state index contributed by atoms with van der Waals surface area (Å²) in [6.45, 7) is 4.82. The van der Waals surface area contributed by atoms with E-state index < -0.39 is 6.09 Å². The lowest BCUT2D eigenvalue weighted by Crippen LogP contribution is -2.55. The molecule has 3 heterocycles. The van der Waals surface area contributed by atoms with Gasteiger partial charge in [-0.2, -0.15) is 0 Å². The summed E-state index contributed by atoms with van der Waals surface area (Å²) in [7, 11) is 0. The topological polar surface area (TPSA) is 66.5 Å². The highest BCUT2D eigenvalue weighted by molar-refractivity contribution is 5.67. The van der Waals surface area contributed by atoms with Crippen LogP contribution in [-0.4, -0.2) is 36.3 Å². The van der Waals surface area contributed by atoms with Crippen LogP contribution >= 0.6 is 0 Å². The summed E-state index contributed by atoms with van der Waals surface area (Å²) in [5.74, 6) is 1.05. The highest BCUT2D eigenvalue weighted by Gasteiger charge is 2.36. The van der Waals surface area contributed by atoms with Crippen LogP contribution in [0, 0.1) is 0 Å². The Morgan fingerprint density at radius 2 is 2.12 bits per heavy atom. The van der Waals surface area contributed by atoms with E-state index in [0.29, 0.717) is 18.6 Å². The van der Waals surface area contributed by atoms with Crippen molar-refractivity contribution in [3.63, 3.8) is 0 Å². The molecule has 136 valence electrons. The Labute approximate surface area is 153 Å². The maximum atomic E-state index is 11.9. The van der Waals surface area contributed by atoms with Gasteiger partial charge in [-0.15, -0.1) is 0 Å². The number of hydrogen-bond acceptors (Lipinski definition) is 5. The molecule has 1 fully saturated rings. The molecule has 1 aromatic heterocycles. The third-order valence-electron chi connectivity index (χ3n) is 5.03. The number of alkyl carbamates (subject to hydrolysis) is 1. The number of fused-ring (bicyclic) bond motifs is 3. The fraction of sp³-hybridized carbons (Fsp3) is 0.400. The molecule has 2 atom stereocenters. The SMILES string of the molecule is CC1CNCC2Cc3ccc(COC(=O)NCc4ccccc4)nc3N12. The first-order chi connectivity index (χ1) is 12.7. The van der Waals surface area contributed by atoms with Crippen molar-refractivity contribution in [2.24, 2.45) is 0 Å². The summed E-state index contributed by atoms with van der Waals surface area (Å²) in [4.78, 5) is 19.1. The van der Waals surface area contributed by atoms with E-state index in [1.54, 1.807) is 0 Å². The summed E-state index contributed by atoms with van der Waals surface area (Å²) >= 11 is 0. The lowest BCUT2D eigenvalue weighted by atomic mass is 10.1.